The van der Waals surface area contributed by atoms with E-state index in [9.17, 15) is 9.59 Å². The molecule has 2 aliphatic heterocycles. The molecule has 1 aromatic rings. The molecule has 2 fully saturated rings. The Morgan fingerprint density at radius 3 is 2.95 bits per heavy atom. The number of fused-ring (bicyclic) bond motifs is 1. The van der Waals surface area contributed by atoms with Gasteiger partial charge in [-0.1, -0.05) is 0 Å². The number of rotatable bonds is 3. The fourth-order valence-electron chi connectivity index (χ4n) is 2.69. The highest BCUT2D eigenvalue weighted by atomic mass is 32.1. The number of piperazine rings is 2. The Morgan fingerprint density at radius 1 is 1.43 bits per heavy atom. The molecular weight excluding hydrogens is 290 g/mol. The maximum Gasteiger partial charge on any atom is 0.244 e. The van der Waals surface area contributed by atoms with E-state index in [1.807, 2.05) is 25.2 Å². The molecule has 2 aliphatic rings. The Bertz CT molecular complexity index is 559. The maximum atomic E-state index is 11.9. The minimum atomic E-state index is -0.346. The van der Waals surface area contributed by atoms with E-state index in [1.165, 1.54) is 4.88 Å². The van der Waals surface area contributed by atoms with Crippen LogP contribution in [0, 0.1) is 0 Å². The van der Waals surface area contributed by atoms with Crippen LogP contribution in [0.5, 0.6) is 0 Å². The van der Waals surface area contributed by atoms with Gasteiger partial charge in [0, 0.05) is 51.3 Å². The molecule has 3 rings (SSSR count). The van der Waals surface area contributed by atoms with Crippen LogP contribution in [0.15, 0.2) is 6.20 Å². The van der Waals surface area contributed by atoms with Gasteiger partial charge in [0.1, 0.15) is 6.04 Å². The molecule has 1 aromatic heterocycles. The Labute approximate surface area is 127 Å². The summed E-state index contributed by atoms with van der Waals surface area (Å²) >= 11 is 1.66. The summed E-state index contributed by atoms with van der Waals surface area (Å²) in [6, 6.07) is -0.346. The number of anilines is 1. The average molecular weight is 309 g/mol. The average Bonchev–Trinajstić information content (AvgIpc) is 2.92. The van der Waals surface area contributed by atoms with Gasteiger partial charge in [0.25, 0.3) is 0 Å². The van der Waals surface area contributed by atoms with Gasteiger partial charge < -0.3 is 15.1 Å². The van der Waals surface area contributed by atoms with Gasteiger partial charge in [-0.25, -0.2) is 4.98 Å². The second kappa shape index (κ2) is 5.61. The number of carbonyl (C=O) groups excluding carboxylic acids is 2. The zero-order valence-corrected chi connectivity index (χ0v) is 13.0. The summed E-state index contributed by atoms with van der Waals surface area (Å²) in [6.45, 7) is 2.92. The third-order valence-electron chi connectivity index (χ3n) is 3.80. The van der Waals surface area contributed by atoms with Crippen LogP contribution in [0.1, 0.15) is 4.88 Å². The molecule has 114 valence electrons. The molecule has 0 aliphatic carbocycles. The van der Waals surface area contributed by atoms with E-state index < -0.39 is 0 Å². The number of aromatic nitrogens is 1. The van der Waals surface area contributed by atoms with E-state index in [2.05, 4.69) is 15.2 Å². The summed E-state index contributed by atoms with van der Waals surface area (Å²) in [5.41, 5.74) is 0. The zero-order chi connectivity index (χ0) is 15.0. The third-order valence-corrected chi connectivity index (χ3v) is 4.95. The molecule has 0 saturated carbocycles. The van der Waals surface area contributed by atoms with Gasteiger partial charge in [-0.2, -0.15) is 0 Å². The number of carbonyl (C=O) groups is 2. The fraction of sp³-hybridized carbons (Fsp3) is 0.615. The van der Waals surface area contributed by atoms with Crippen molar-refractivity contribution in [3.05, 3.63) is 11.1 Å². The largest absolute Gasteiger partial charge is 0.354 e. The third kappa shape index (κ3) is 2.86. The molecule has 2 saturated heterocycles. The number of thiazole rings is 1. The second-order valence-electron chi connectivity index (χ2n) is 5.56. The molecule has 0 aromatic carbocycles. The van der Waals surface area contributed by atoms with Gasteiger partial charge in [0.15, 0.2) is 5.13 Å². The van der Waals surface area contributed by atoms with E-state index in [0.29, 0.717) is 13.1 Å². The summed E-state index contributed by atoms with van der Waals surface area (Å²) in [4.78, 5) is 35.2. The van der Waals surface area contributed by atoms with Crippen molar-refractivity contribution in [2.75, 3.05) is 45.2 Å². The molecule has 21 heavy (non-hydrogen) atoms. The van der Waals surface area contributed by atoms with E-state index >= 15 is 0 Å². The highest BCUT2D eigenvalue weighted by Crippen LogP contribution is 2.23. The minimum absolute atomic E-state index is 0.0203. The Morgan fingerprint density at radius 2 is 2.24 bits per heavy atom. The van der Waals surface area contributed by atoms with E-state index in [4.69, 9.17) is 0 Å². The Balaban J connectivity index is 1.65. The van der Waals surface area contributed by atoms with Gasteiger partial charge in [0.2, 0.25) is 11.8 Å². The normalized spacial score (nSPS) is 23.0. The van der Waals surface area contributed by atoms with Crippen molar-refractivity contribution in [1.29, 1.82) is 0 Å². The van der Waals surface area contributed by atoms with Crippen molar-refractivity contribution in [2.45, 2.75) is 12.6 Å². The molecule has 7 nitrogen and oxygen atoms in total. The van der Waals surface area contributed by atoms with Gasteiger partial charge in [0.05, 0.1) is 6.54 Å². The minimum Gasteiger partial charge on any atom is -0.354 e. The van der Waals surface area contributed by atoms with Crippen molar-refractivity contribution in [3.8, 4) is 0 Å². The van der Waals surface area contributed by atoms with Gasteiger partial charge >= 0.3 is 0 Å². The molecule has 0 radical (unpaired) electrons. The van der Waals surface area contributed by atoms with Crippen molar-refractivity contribution < 1.29 is 9.59 Å². The Kier molecular flexibility index (Phi) is 3.81. The molecule has 1 atom stereocenters. The molecular formula is C13H19N5O2S. The number of hydrogen-bond donors (Lipinski definition) is 1. The summed E-state index contributed by atoms with van der Waals surface area (Å²) < 4.78 is 0. The van der Waals surface area contributed by atoms with E-state index in [-0.39, 0.29) is 24.4 Å². The molecule has 0 spiro atoms. The van der Waals surface area contributed by atoms with Gasteiger partial charge in [-0.3, -0.25) is 14.5 Å². The highest BCUT2D eigenvalue weighted by Gasteiger charge is 2.38. The summed E-state index contributed by atoms with van der Waals surface area (Å²) in [6.07, 6.45) is 1.89. The molecule has 8 heteroatoms. The van der Waals surface area contributed by atoms with Crippen molar-refractivity contribution in [1.82, 2.24) is 20.1 Å². The standard InChI is InChI=1S/C13H19N5O2S/c1-16(2)13-15-5-9(21-13)7-17-3-4-18-10(8-17)12(20)14-6-11(18)19/h5,10H,3-4,6-8H2,1-2H3,(H,14,20)/t10-/m1/s1. The molecule has 3 heterocycles. The highest BCUT2D eigenvalue weighted by molar-refractivity contribution is 7.15. The van der Waals surface area contributed by atoms with Crippen LogP contribution in [0.3, 0.4) is 0 Å². The Hall–Kier alpha value is -1.67. The summed E-state index contributed by atoms with van der Waals surface area (Å²) in [5.74, 6) is -0.0236. The predicted octanol–water partition coefficient (Wildman–Crippen LogP) is -0.648. The van der Waals surface area contributed by atoms with Gasteiger partial charge in [-0.05, 0) is 0 Å². The van der Waals surface area contributed by atoms with Crippen LogP contribution in [0.25, 0.3) is 0 Å². The first kappa shape index (κ1) is 14.3. The lowest BCUT2D eigenvalue weighted by atomic mass is 10.1. The lowest BCUT2D eigenvalue weighted by Gasteiger charge is -2.42. The number of hydrogen-bond acceptors (Lipinski definition) is 6. The molecule has 1 N–H and O–H groups in total. The van der Waals surface area contributed by atoms with Crippen LogP contribution in [0.4, 0.5) is 5.13 Å². The predicted molar refractivity (Wildman–Crippen MR) is 80.2 cm³/mol. The fourth-order valence-corrected chi connectivity index (χ4v) is 3.56. The van der Waals surface area contributed by atoms with Crippen LogP contribution in [0.2, 0.25) is 0 Å². The number of nitrogens with one attached hydrogen (secondary N) is 1. The summed E-state index contributed by atoms with van der Waals surface area (Å²) in [5, 5.41) is 3.64. The van der Waals surface area contributed by atoms with Crippen LogP contribution < -0.4 is 10.2 Å². The first-order valence-corrected chi connectivity index (χ1v) is 7.78. The van der Waals surface area contributed by atoms with Crippen LogP contribution in [-0.4, -0.2) is 72.9 Å². The van der Waals surface area contributed by atoms with Crippen LogP contribution in [-0.2, 0) is 16.1 Å². The molecule has 0 unspecified atom stereocenters. The van der Waals surface area contributed by atoms with E-state index in [0.717, 1.165) is 18.2 Å². The lowest BCUT2D eigenvalue weighted by molar-refractivity contribution is -0.149. The van der Waals surface area contributed by atoms with Crippen molar-refractivity contribution >= 4 is 28.3 Å². The van der Waals surface area contributed by atoms with Crippen LogP contribution >= 0.6 is 11.3 Å². The quantitative estimate of drug-likeness (QED) is 0.804. The number of amides is 2. The lowest BCUT2D eigenvalue weighted by Crippen LogP contribution is -2.65. The second-order valence-corrected chi connectivity index (χ2v) is 6.65. The molecule has 0 bridgehead atoms. The summed E-state index contributed by atoms with van der Waals surface area (Å²) in [7, 11) is 3.94. The van der Waals surface area contributed by atoms with Crippen molar-refractivity contribution in [2.24, 2.45) is 0 Å². The monoisotopic (exact) mass is 309 g/mol. The topological polar surface area (TPSA) is 68.8 Å². The SMILES string of the molecule is CN(C)c1ncc(CN2CCN3C(=O)CNC(=O)[C@H]3C2)s1. The number of nitrogens with zero attached hydrogens (tertiary/aromatic N) is 4. The maximum absolute atomic E-state index is 11.9. The first-order valence-electron chi connectivity index (χ1n) is 6.96. The molecule has 2 amide bonds. The smallest absolute Gasteiger partial charge is 0.244 e. The zero-order valence-electron chi connectivity index (χ0n) is 12.2. The first-order chi connectivity index (χ1) is 10.0. The van der Waals surface area contributed by atoms with E-state index in [1.54, 1.807) is 16.2 Å². The van der Waals surface area contributed by atoms with Crippen molar-refractivity contribution in [3.63, 3.8) is 0 Å². The van der Waals surface area contributed by atoms with Gasteiger partial charge in [-0.15, -0.1) is 11.3 Å².